The second-order valence-electron chi connectivity index (χ2n) is 3.52. The molecule has 73 valence electrons. The number of hydrogen-bond donors (Lipinski definition) is 1. The van der Waals surface area contributed by atoms with Gasteiger partial charge in [0, 0.05) is 0 Å². The summed E-state index contributed by atoms with van der Waals surface area (Å²) in [6.07, 6.45) is 6.44. The summed E-state index contributed by atoms with van der Waals surface area (Å²) in [5.41, 5.74) is 0. The van der Waals surface area contributed by atoms with Crippen LogP contribution < -0.4 is 0 Å². The van der Waals surface area contributed by atoms with Gasteiger partial charge >= 0.3 is 0 Å². The molecule has 0 spiro atoms. The molecule has 0 rings (SSSR count). The Labute approximate surface area is 77.2 Å². The van der Waals surface area contributed by atoms with E-state index in [1.807, 2.05) is 0 Å². The van der Waals surface area contributed by atoms with Crippen LogP contribution in [0.1, 0.15) is 52.4 Å². The topological polar surface area (TPSA) is 20.2 Å². The molecule has 2 atom stereocenters. The molecule has 2 unspecified atom stereocenters. The maximum Gasteiger partial charge on any atom is 0.0565 e. The first-order valence-electron chi connectivity index (χ1n) is 5.23. The van der Waals surface area contributed by atoms with Crippen LogP contribution in [-0.2, 0) is 0 Å². The fourth-order valence-electron chi connectivity index (χ4n) is 1.64. The predicted molar refractivity (Wildman–Crippen MR) is 53.9 cm³/mol. The van der Waals surface area contributed by atoms with E-state index in [1.54, 1.807) is 0 Å². The molecule has 0 aromatic carbocycles. The van der Waals surface area contributed by atoms with Gasteiger partial charge in [0.2, 0.25) is 0 Å². The first kappa shape index (κ1) is 12.0. The normalized spacial score (nSPS) is 16.0. The quantitative estimate of drug-likeness (QED) is 0.623. The van der Waals surface area contributed by atoms with Crippen molar-refractivity contribution in [3.05, 3.63) is 6.92 Å². The Bertz CT molecular complexity index is 91.0. The molecule has 1 nitrogen and oxygen atoms in total. The molecule has 12 heavy (non-hydrogen) atoms. The van der Waals surface area contributed by atoms with Crippen molar-refractivity contribution in [2.24, 2.45) is 5.92 Å². The average Bonchev–Trinajstić information content (AvgIpc) is 2.11. The minimum Gasteiger partial charge on any atom is -0.393 e. The van der Waals surface area contributed by atoms with Crippen LogP contribution in [0.3, 0.4) is 0 Å². The molecule has 0 amide bonds. The van der Waals surface area contributed by atoms with E-state index in [9.17, 15) is 5.11 Å². The standard InChI is InChI=1S/C11H23O/c1-4-7-9-10(8-5-2)11(12)6-3/h10-12H,1,4-9H2,2-3H3. The lowest BCUT2D eigenvalue weighted by Gasteiger charge is -2.20. The van der Waals surface area contributed by atoms with Crippen molar-refractivity contribution in [1.82, 2.24) is 0 Å². The molecule has 0 heterocycles. The molecule has 0 aliphatic heterocycles. The highest BCUT2D eigenvalue weighted by Gasteiger charge is 2.15. The number of aliphatic hydroxyl groups excluding tert-OH is 1. The minimum absolute atomic E-state index is 0.0866. The van der Waals surface area contributed by atoms with E-state index in [2.05, 4.69) is 20.8 Å². The number of aliphatic hydroxyl groups is 1. The number of hydrogen-bond acceptors (Lipinski definition) is 1. The van der Waals surface area contributed by atoms with E-state index in [-0.39, 0.29) is 6.10 Å². The maximum absolute atomic E-state index is 9.66. The number of rotatable bonds is 7. The number of unbranched alkanes of at least 4 members (excludes halogenated alkanes) is 1. The van der Waals surface area contributed by atoms with Gasteiger partial charge in [-0.2, -0.15) is 0 Å². The molecule has 0 aromatic heterocycles. The lowest BCUT2D eigenvalue weighted by Crippen LogP contribution is -2.19. The highest BCUT2D eigenvalue weighted by Crippen LogP contribution is 2.20. The van der Waals surface area contributed by atoms with Gasteiger partial charge in [-0.05, 0) is 25.2 Å². The largest absolute Gasteiger partial charge is 0.393 e. The van der Waals surface area contributed by atoms with Crippen LogP contribution in [0.2, 0.25) is 0 Å². The smallest absolute Gasteiger partial charge is 0.0565 e. The molecule has 0 aliphatic carbocycles. The second kappa shape index (κ2) is 7.60. The first-order valence-corrected chi connectivity index (χ1v) is 5.23. The van der Waals surface area contributed by atoms with Crippen molar-refractivity contribution in [2.75, 3.05) is 0 Å². The average molecular weight is 171 g/mol. The van der Waals surface area contributed by atoms with E-state index in [4.69, 9.17) is 0 Å². The van der Waals surface area contributed by atoms with Gasteiger partial charge in [-0.3, -0.25) is 0 Å². The summed E-state index contributed by atoms with van der Waals surface area (Å²) < 4.78 is 0. The van der Waals surface area contributed by atoms with Crippen LogP contribution >= 0.6 is 0 Å². The Hall–Kier alpha value is -0.0400. The third-order valence-electron chi connectivity index (χ3n) is 2.45. The van der Waals surface area contributed by atoms with Crippen molar-refractivity contribution >= 4 is 0 Å². The van der Waals surface area contributed by atoms with E-state index in [1.165, 1.54) is 6.42 Å². The summed E-state index contributed by atoms with van der Waals surface area (Å²) in [6.45, 7) is 8.05. The summed E-state index contributed by atoms with van der Waals surface area (Å²) >= 11 is 0. The molecule has 0 saturated carbocycles. The van der Waals surface area contributed by atoms with E-state index in [0.717, 1.165) is 32.1 Å². The monoisotopic (exact) mass is 171 g/mol. The lowest BCUT2D eigenvalue weighted by molar-refractivity contribution is 0.0919. The van der Waals surface area contributed by atoms with Crippen molar-refractivity contribution in [2.45, 2.75) is 58.5 Å². The highest BCUT2D eigenvalue weighted by atomic mass is 16.3. The molecule has 1 heteroatoms. The zero-order valence-electron chi connectivity index (χ0n) is 8.55. The predicted octanol–water partition coefficient (Wildman–Crippen LogP) is 3.18. The van der Waals surface area contributed by atoms with Crippen LogP contribution in [-0.4, -0.2) is 11.2 Å². The van der Waals surface area contributed by atoms with Crippen molar-refractivity contribution in [1.29, 1.82) is 0 Å². The lowest BCUT2D eigenvalue weighted by atomic mass is 9.90. The highest BCUT2D eigenvalue weighted by molar-refractivity contribution is 4.67. The summed E-state index contributed by atoms with van der Waals surface area (Å²) in [5, 5.41) is 9.66. The second-order valence-corrected chi connectivity index (χ2v) is 3.52. The third kappa shape index (κ3) is 4.76. The molecule has 0 fully saturated rings. The van der Waals surface area contributed by atoms with E-state index >= 15 is 0 Å². The maximum atomic E-state index is 9.66. The summed E-state index contributed by atoms with van der Waals surface area (Å²) in [6, 6.07) is 0. The Morgan fingerprint density at radius 3 is 2.33 bits per heavy atom. The zero-order chi connectivity index (χ0) is 9.40. The van der Waals surface area contributed by atoms with Gasteiger partial charge in [0.05, 0.1) is 6.10 Å². The van der Waals surface area contributed by atoms with Gasteiger partial charge < -0.3 is 5.11 Å². The molecule has 0 aromatic rings. The molecule has 0 bridgehead atoms. The van der Waals surface area contributed by atoms with E-state index < -0.39 is 0 Å². The Morgan fingerprint density at radius 2 is 1.92 bits per heavy atom. The van der Waals surface area contributed by atoms with Gasteiger partial charge in [-0.25, -0.2) is 0 Å². The molecule has 1 N–H and O–H groups in total. The first-order chi connectivity index (χ1) is 5.76. The zero-order valence-corrected chi connectivity index (χ0v) is 8.55. The molecule has 0 saturated heterocycles. The fourth-order valence-corrected chi connectivity index (χ4v) is 1.64. The molecule has 1 radical (unpaired) electrons. The van der Waals surface area contributed by atoms with E-state index in [0.29, 0.717) is 5.92 Å². The van der Waals surface area contributed by atoms with Crippen LogP contribution in [0.15, 0.2) is 0 Å². The third-order valence-corrected chi connectivity index (χ3v) is 2.45. The van der Waals surface area contributed by atoms with Crippen LogP contribution in [0.5, 0.6) is 0 Å². The Balaban J connectivity index is 3.68. The Morgan fingerprint density at radius 1 is 1.25 bits per heavy atom. The van der Waals surface area contributed by atoms with Crippen LogP contribution in [0.25, 0.3) is 0 Å². The van der Waals surface area contributed by atoms with Crippen molar-refractivity contribution in [3.63, 3.8) is 0 Å². The Kier molecular flexibility index (Phi) is 7.58. The molecular weight excluding hydrogens is 148 g/mol. The minimum atomic E-state index is -0.0866. The summed E-state index contributed by atoms with van der Waals surface area (Å²) in [5.74, 6) is 0.516. The molecular formula is C11H23O. The van der Waals surface area contributed by atoms with Gasteiger partial charge in [-0.1, -0.05) is 40.0 Å². The fraction of sp³-hybridized carbons (Fsp3) is 0.909. The van der Waals surface area contributed by atoms with Gasteiger partial charge in [-0.15, -0.1) is 0 Å². The van der Waals surface area contributed by atoms with Crippen LogP contribution in [0, 0.1) is 12.8 Å². The van der Waals surface area contributed by atoms with Crippen LogP contribution in [0.4, 0.5) is 0 Å². The summed E-state index contributed by atoms with van der Waals surface area (Å²) in [4.78, 5) is 0. The summed E-state index contributed by atoms with van der Waals surface area (Å²) in [7, 11) is 0. The molecule has 0 aliphatic rings. The van der Waals surface area contributed by atoms with Gasteiger partial charge in [0.25, 0.3) is 0 Å². The van der Waals surface area contributed by atoms with Crippen molar-refractivity contribution in [3.8, 4) is 0 Å². The SMILES string of the molecule is [CH2]CCCC(CCC)C(O)CC. The van der Waals surface area contributed by atoms with Gasteiger partial charge in [0.15, 0.2) is 0 Å². The van der Waals surface area contributed by atoms with Crippen molar-refractivity contribution < 1.29 is 5.11 Å². The van der Waals surface area contributed by atoms with Gasteiger partial charge in [0.1, 0.15) is 0 Å².